The van der Waals surface area contributed by atoms with Gasteiger partial charge in [0.15, 0.2) is 0 Å². The highest BCUT2D eigenvalue weighted by molar-refractivity contribution is 5.44. The topological polar surface area (TPSA) is 17.3 Å². The van der Waals surface area contributed by atoms with Crippen molar-refractivity contribution in [1.82, 2.24) is 5.43 Å². The predicted octanol–water partition coefficient (Wildman–Crippen LogP) is 2.44. The molecule has 2 nitrogen and oxygen atoms in total. The molecule has 1 radical (unpaired) electrons. The quantitative estimate of drug-likeness (QED) is 0.631. The average molecular weight is 177 g/mol. The van der Waals surface area contributed by atoms with E-state index in [-0.39, 0.29) is 0 Å². The smallest absolute Gasteiger partial charge is 0.0536 e. The lowest BCUT2D eigenvalue weighted by Gasteiger charge is -2.21. The lowest BCUT2D eigenvalue weighted by Crippen LogP contribution is -2.32. The van der Waals surface area contributed by atoms with Crippen LogP contribution >= 0.6 is 0 Å². The number of hydrogen-bond acceptors (Lipinski definition) is 1. The summed E-state index contributed by atoms with van der Waals surface area (Å²) in [6.45, 7) is 6.10. The largest absolute Gasteiger partial charge is 0.291 e. The number of anilines is 1. The van der Waals surface area contributed by atoms with Crippen molar-refractivity contribution < 1.29 is 0 Å². The predicted molar refractivity (Wildman–Crippen MR) is 56.8 cm³/mol. The van der Waals surface area contributed by atoms with Crippen molar-refractivity contribution >= 4 is 5.69 Å². The van der Waals surface area contributed by atoms with Crippen LogP contribution in [0.15, 0.2) is 30.3 Å². The lowest BCUT2D eigenvalue weighted by molar-refractivity contribution is 0.615. The van der Waals surface area contributed by atoms with Gasteiger partial charge in [-0.1, -0.05) is 25.1 Å². The van der Waals surface area contributed by atoms with Gasteiger partial charge in [-0.3, -0.25) is 5.01 Å². The summed E-state index contributed by atoms with van der Waals surface area (Å²) in [5.74, 6) is 0. The van der Waals surface area contributed by atoms with E-state index in [2.05, 4.69) is 31.4 Å². The van der Waals surface area contributed by atoms with E-state index in [4.69, 9.17) is 0 Å². The zero-order chi connectivity index (χ0) is 9.52. The molecule has 0 atom stereocenters. The Hall–Kier alpha value is -1.02. The number of nitrogens with zero attached hydrogens (tertiary/aromatic N) is 2. The molecule has 0 unspecified atom stereocenters. The maximum Gasteiger partial charge on any atom is 0.0536 e. The monoisotopic (exact) mass is 177 g/mol. The van der Waals surface area contributed by atoms with Crippen LogP contribution < -0.4 is 10.4 Å². The number of hydrogen-bond donors (Lipinski definition) is 0. The Labute approximate surface area is 80.5 Å². The van der Waals surface area contributed by atoms with Crippen LogP contribution in [0, 0.1) is 0 Å². The third kappa shape index (κ3) is 3.07. The summed E-state index contributed by atoms with van der Waals surface area (Å²) >= 11 is 0. The summed E-state index contributed by atoms with van der Waals surface area (Å²) in [4.78, 5) is 0. The molecule has 0 bridgehead atoms. The molecule has 0 heterocycles. The molecular weight excluding hydrogens is 160 g/mol. The normalized spacial score (nSPS) is 10.0. The summed E-state index contributed by atoms with van der Waals surface area (Å²) in [6.07, 6.45) is 1.10. The first-order valence-corrected chi connectivity index (χ1v) is 4.88. The van der Waals surface area contributed by atoms with Gasteiger partial charge in [0.05, 0.1) is 5.69 Å². The average Bonchev–Trinajstić information content (AvgIpc) is 2.21. The van der Waals surface area contributed by atoms with Crippen LogP contribution in [0.2, 0.25) is 0 Å². The van der Waals surface area contributed by atoms with Crippen LogP contribution in [0.4, 0.5) is 5.69 Å². The summed E-state index contributed by atoms with van der Waals surface area (Å²) in [6, 6.07) is 10.3. The van der Waals surface area contributed by atoms with Gasteiger partial charge < -0.3 is 0 Å². The van der Waals surface area contributed by atoms with E-state index >= 15 is 0 Å². The molecule has 0 saturated heterocycles. The van der Waals surface area contributed by atoms with E-state index in [9.17, 15) is 0 Å². The van der Waals surface area contributed by atoms with Gasteiger partial charge in [0.2, 0.25) is 0 Å². The molecule has 0 aliphatic rings. The molecule has 13 heavy (non-hydrogen) atoms. The molecule has 1 aromatic carbocycles. The summed E-state index contributed by atoms with van der Waals surface area (Å²) < 4.78 is 0. The second-order valence-corrected chi connectivity index (χ2v) is 2.92. The van der Waals surface area contributed by atoms with Gasteiger partial charge in [0.1, 0.15) is 0 Å². The fraction of sp³-hybridized carbons (Fsp3) is 0.455. The fourth-order valence-corrected chi connectivity index (χ4v) is 1.19. The minimum Gasteiger partial charge on any atom is -0.291 e. The van der Waals surface area contributed by atoms with Crippen LogP contribution in [0.25, 0.3) is 0 Å². The molecule has 0 fully saturated rings. The first-order chi connectivity index (χ1) is 6.38. The molecule has 71 valence electrons. The van der Waals surface area contributed by atoms with Crippen molar-refractivity contribution in [2.75, 3.05) is 18.1 Å². The van der Waals surface area contributed by atoms with Crippen molar-refractivity contribution in [2.45, 2.75) is 20.3 Å². The Balaban J connectivity index is 2.56. The molecule has 1 rings (SSSR count). The van der Waals surface area contributed by atoms with Gasteiger partial charge in [-0.2, -0.15) is 0 Å². The first kappa shape index (κ1) is 10.1. The van der Waals surface area contributed by atoms with E-state index in [0.29, 0.717) is 0 Å². The third-order valence-electron chi connectivity index (χ3n) is 1.85. The molecule has 0 N–H and O–H groups in total. The minimum atomic E-state index is 0.905. The van der Waals surface area contributed by atoms with Crippen molar-refractivity contribution in [3.05, 3.63) is 30.3 Å². The van der Waals surface area contributed by atoms with Gasteiger partial charge in [-0.05, 0) is 25.5 Å². The molecule has 0 aromatic heterocycles. The standard InChI is InChI=1S/C11H17N2/c1-3-10-12-13(4-2)11-8-6-5-7-9-11/h5-9H,3-4,10H2,1-2H3. The number of benzene rings is 1. The Morgan fingerprint density at radius 1 is 1.15 bits per heavy atom. The summed E-state index contributed by atoms with van der Waals surface area (Å²) in [5.41, 5.74) is 5.64. The second-order valence-electron chi connectivity index (χ2n) is 2.92. The maximum absolute atomic E-state index is 4.46. The zero-order valence-corrected chi connectivity index (χ0v) is 8.40. The maximum atomic E-state index is 4.46. The third-order valence-corrected chi connectivity index (χ3v) is 1.85. The fourth-order valence-electron chi connectivity index (χ4n) is 1.19. The molecule has 0 aliphatic heterocycles. The van der Waals surface area contributed by atoms with E-state index in [0.717, 1.165) is 19.5 Å². The Bertz CT molecular complexity index is 221. The molecule has 0 amide bonds. The second kappa shape index (κ2) is 5.60. The molecule has 2 heteroatoms. The van der Waals surface area contributed by atoms with Crippen molar-refractivity contribution in [2.24, 2.45) is 0 Å². The van der Waals surface area contributed by atoms with Gasteiger partial charge in [0, 0.05) is 13.1 Å². The van der Waals surface area contributed by atoms with Crippen LogP contribution in [-0.4, -0.2) is 13.1 Å². The van der Waals surface area contributed by atoms with E-state index in [1.807, 2.05) is 23.2 Å². The van der Waals surface area contributed by atoms with Gasteiger partial charge in [0.25, 0.3) is 0 Å². The lowest BCUT2D eigenvalue weighted by atomic mass is 10.3. The Morgan fingerprint density at radius 3 is 2.38 bits per heavy atom. The number of para-hydroxylation sites is 1. The van der Waals surface area contributed by atoms with E-state index < -0.39 is 0 Å². The Morgan fingerprint density at radius 2 is 1.85 bits per heavy atom. The molecule has 0 aliphatic carbocycles. The highest BCUT2D eigenvalue weighted by Crippen LogP contribution is 2.10. The zero-order valence-electron chi connectivity index (χ0n) is 8.40. The number of rotatable bonds is 5. The van der Waals surface area contributed by atoms with Crippen LogP contribution in [0.5, 0.6) is 0 Å². The molecular formula is C11H17N2. The van der Waals surface area contributed by atoms with Crippen LogP contribution in [0.3, 0.4) is 0 Å². The molecule has 1 aromatic rings. The Kier molecular flexibility index (Phi) is 4.33. The van der Waals surface area contributed by atoms with E-state index in [1.165, 1.54) is 5.69 Å². The van der Waals surface area contributed by atoms with Gasteiger partial charge >= 0.3 is 0 Å². The SMILES string of the molecule is CCC[N]N(CC)c1ccccc1. The van der Waals surface area contributed by atoms with Crippen molar-refractivity contribution in [3.63, 3.8) is 0 Å². The summed E-state index contributed by atoms with van der Waals surface area (Å²) in [7, 11) is 0. The molecule has 0 spiro atoms. The van der Waals surface area contributed by atoms with E-state index in [1.54, 1.807) is 0 Å². The van der Waals surface area contributed by atoms with Crippen molar-refractivity contribution in [1.29, 1.82) is 0 Å². The van der Waals surface area contributed by atoms with Crippen LogP contribution in [0.1, 0.15) is 20.3 Å². The van der Waals surface area contributed by atoms with Gasteiger partial charge in [-0.15, -0.1) is 5.43 Å². The first-order valence-electron chi connectivity index (χ1n) is 4.88. The highest BCUT2D eigenvalue weighted by atomic mass is 15.5. The molecule has 0 saturated carbocycles. The van der Waals surface area contributed by atoms with Gasteiger partial charge in [-0.25, -0.2) is 0 Å². The highest BCUT2D eigenvalue weighted by Gasteiger charge is 2.01. The minimum absolute atomic E-state index is 0.905. The summed E-state index contributed by atoms with van der Waals surface area (Å²) in [5, 5.41) is 2.05. The van der Waals surface area contributed by atoms with Crippen LogP contribution in [-0.2, 0) is 0 Å². The van der Waals surface area contributed by atoms with Crippen molar-refractivity contribution in [3.8, 4) is 0 Å².